The highest BCUT2D eigenvalue weighted by molar-refractivity contribution is 6.01. The maximum absolute atomic E-state index is 12.2. The number of hydrogen-bond donors (Lipinski definition) is 2. The van der Waals surface area contributed by atoms with Gasteiger partial charge in [0.1, 0.15) is 5.82 Å². The second kappa shape index (κ2) is 7.37. The predicted octanol–water partition coefficient (Wildman–Crippen LogP) is 3.58. The lowest BCUT2D eigenvalue weighted by Gasteiger charge is -2.15. The number of anilines is 1. The van der Waals surface area contributed by atoms with Crippen molar-refractivity contribution in [2.45, 2.75) is 19.6 Å². The standard InChI is InChI=1S/C21H20N4O/c26-20(12-11-16-7-3-1-4-8-16)22-21-18-14-25(15-19(18)23-24-21)13-17-9-5-2-6-10-17/h1-12H,13-15H2,(H2,22,23,24,26). The van der Waals surface area contributed by atoms with Crippen molar-refractivity contribution < 1.29 is 4.79 Å². The van der Waals surface area contributed by atoms with E-state index in [1.54, 1.807) is 12.2 Å². The molecule has 1 aliphatic heterocycles. The number of nitrogens with zero attached hydrogens (tertiary/aromatic N) is 2. The first kappa shape index (κ1) is 16.3. The molecule has 0 fully saturated rings. The highest BCUT2D eigenvalue weighted by atomic mass is 16.1. The topological polar surface area (TPSA) is 61.0 Å². The molecule has 5 heteroatoms. The Kier molecular flexibility index (Phi) is 4.62. The number of H-pyrrole nitrogens is 1. The number of amides is 1. The second-order valence-corrected chi connectivity index (χ2v) is 6.39. The Hall–Kier alpha value is -3.18. The molecule has 1 amide bonds. The van der Waals surface area contributed by atoms with E-state index in [4.69, 9.17) is 0 Å². The van der Waals surface area contributed by atoms with Gasteiger partial charge in [0.05, 0.1) is 5.69 Å². The number of carbonyl (C=O) groups is 1. The molecular weight excluding hydrogens is 324 g/mol. The van der Waals surface area contributed by atoms with Crippen LogP contribution >= 0.6 is 0 Å². The van der Waals surface area contributed by atoms with Crippen molar-refractivity contribution >= 4 is 17.8 Å². The van der Waals surface area contributed by atoms with E-state index in [2.05, 4.69) is 44.7 Å². The fourth-order valence-corrected chi connectivity index (χ4v) is 3.15. The van der Waals surface area contributed by atoms with E-state index in [1.165, 1.54) is 5.56 Å². The van der Waals surface area contributed by atoms with Gasteiger partial charge in [0.25, 0.3) is 0 Å². The number of fused-ring (bicyclic) bond motifs is 1. The molecule has 2 N–H and O–H groups in total. The molecule has 26 heavy (non-hydrogen) atoms. The van der Waals surface area contributed by atoms with Crippen LogP contribution in [0.3, 0.4) is 0 Å². The van der Waals surface area contributed by atoms with Crippen LogP contribution in [0, 0.1) is 0 Å². The largest absolute Gasteiger partial charge is 0.307 e. The zero-order chi connectivity index (χ0) is 17.8. The summed E-state index contributed by atoms with van der Waals surface area (Å²) in [5, 5.41) is 10.2. The Balaban J connectivity index is 1.39. The van der Waals surface area contributed by atoms with Gasteiger partial charge in [-0.15, -0.1) is 0 Å². The van der Waals surface area contributed by atoms with E-state index >= 15 is 0 Å². The summed E-state index contributed by atoms with van der Waals surface area (Å²) in [6, 6.07) is 20.1. The number of benzene rings is 2. The van der Waals surface area contributed by atoms with Crippen LogP contribution in [0.5, 0.6) is 0 Å². The smallest absolute Gasteiger partial charge is 0.249 e. The molecule has 0 saturated heterocycles. The predicted molar refractivity (Wildman–Crippen MR) is 102 cm³/mol. The quantitative estimate of drug-likeness (QED) is 0.696. The van der Waals surface area contributed by atoms with Crippen molar-refractivity contribution in [1.29, 1.82) is 0 Å². The van der Waals surface area contributed by atoms with Crippen molar-refractivity contribution in [1.82, 2.24) is 15.1 Å². The SMILES string of the molecule is O=C(C=Cc1ccccc1)Nc1[nH]nc2c1CN(Cc1ccccc1)C2. The van der Waals surface area contributed by atoms with Crippen molar-refractivity contribution in [2.75, 3.05) is 5.32 Å². The van der Waals surface area contributed by atoms with Crippen LogP contribution < -0.4 is 5.32 Å². The minimum atomic E-state index is -0.165. The van der Waals surface area contributed by atoms with Gasteiger partial charge in [-0.25, -0.2) is 0 Å². The third kappa shape index (κ3) is 3.73. The van der Waals surface area contributed by atoms with Crippen molar-refractivity contribution in [2.24, 2.45) is 0 Å². The van der Waals surface area contributed by atoms with E-state index < -0.39 is 0 Å². The highest BCUT2D eigenvalue weighted by Gasteiger charge is 2.25. The lowest BCUT2D eigenvalue weighted by Crippen LogP contribution is -2.17. The van der Waals surface area contributed by atoms with Crippen LogP contribution in [0.2, 0.25) is 0 Å². The minimum Gasteiger partial charge on any atom is -0.307 e. The molecule has 130 valence electrons. The summed E-state index contributed by atoms with van der Waals surface area (Å²) in [5.74, 6) is 0.528. The van der Waals surface area contributed by atoms with Gasteiger partial charge in [-0.2, -0.15) is 5.10 Å². The molecule has 0 aliphatic carbocycles. The van der Waals surface area contributed by atoms with E-state index in [9.17, 15) is 4.79 Å². The molecule has 0 spiro atoms. The average molecular weight is 344 g/mol. The Labute approximate surface area is 152 Å². The van der Waals surface area contributed by atoms with Crippen LogP contribution in [-0.4, -0.2) is 21.0 Å². The highest BCUT2D eigenvalue weighted by Crippen LogP contribution is 2.28. The average Bonchev–Trinajstić information content (AvgIpc) is 3.23. The van der Waals surface area contributed by atoms with Crippen LogP contribution in [0.25, 0.3) is 6.08 Å². The maximum atomic E-state index is 12.2. The maximum Gasteiger partial charge on any atom is 0.249 e. The molecule has 0 bridgehead atoms. The molecule has 0 radical (unpaired) electrons. The number of aromatic amines is 1. The zero-order valence-corrected chi connectivity index (χ0v) is 14.4. The second-order valence-electron chi connectivity index (χ2n) is 6.39. The summed E-state index contributed by atoms with van der Waals surface area (Å²) < 4.78 is 0. The van der Waals surface area contributed by atoms with Crippen molar-refractivity contribution in [3.05, 3.63) is 89.1 Å². The molecule has 4 rings (SSSR count). The van der Waals surface area contributed by atoms with Crippen LogP contribution in [0.15, 0.2) is 66.7 Å². The number of rotatable bonds is 5. The van der Waals surface area contributed by atoms with Crippen LogP contribution in [0.4, 0.5) is 5.82 Å². The Morgan fingerprint density at radius 1 is 1.08 bits per heavy atom. The third-order valence-corrected chi connectivity index (χ3v) is 4.43. The summed E-state index contributed by atoms with van der Waals surface area (Å²) in [5.41, 5.74) is 4.34. The van der Waals surface area contributed by atoms with E-state index in [0.29, 0.717) is 5.82 Å². The van der Waals surface area contributed by atoms with Gasteiger partial charge >= 0.3 is 0 Å². The Morgan fingerprint density at radius 3 is 2.58 bits per heavy atom. The van der Waals surface area contributed by atoms with Gasteiger partial charge in [0.2, 0.25) is 5.91 Å². The van der Waals surface area contributed by atoms with Gasteiger partial charge < -0.3 is 5.32 Å². The van der Waals surface area contributed by atoms with E-state index in [0.717, 1.165) is 36.5 Å². The number of nitrogens with one attached hydrogen (secondary N) is 2. The minimum absolute atomic E-state index is 0.165. The lowest BCUT2D eigenvalue weighted by molar-refractivity contribution is -0.111. The molecular formula is C21H20N4O. The van der Waals surface area contributed by atoms with Crippen molar-refractivity contribution in [3.8, 4) is 0 Å². The summed E-state index contributed by atoms with van der Waals surface area (Å²) in [6.07, 6.45) is 3.34. The molecule has 0 saturated carbocycles. The number of hydrogen-bond acceptors (Lipinski definition) is 3. The van der Waals surface area contributed by atoms with Crippen molar-refractivity contribution in [3.63, 3.8) is 0 Å². The molecule has 1 aliphatic rings. The van der Waals surface area contributed by atoms with Gasteiger partial charge in [0.15, 0.2) is 0 Å². The van der Waals surface area contributed by atoms with E-state index in [-0.39, 0.29) is 5.91 Å². The number of aromatic nitrogens is 2. The van der Waals surface area contributed by atoms with Crippen LogP contribution in [-0.2, 0) is 24.4 Å². The Morgan fingerprint density at radius 2 is 1.81 bits per heavy atom. The first-order chi connectivity index (χ1) is 12.8. The fourth-order valence-electron chi connectivity index (χ4n) is 3.15. The summed E-state index contributed by atoms with van der Waals surface area (Å²) >= 11 is 0. The first-order valence-electron chi connectivity index (χ1n) is 8.64. The molecule has 2 aromatic carbocycles. The van der Waals surface area contributed by atoms with Gasteiger partial charge in [-0.3, -0.25) is 14.8 Å². The molecule has 0 atom stereocenters. The Bertz CT molecular complexity index is 916. The molecule has 3 aromatic rings. The molecule has 2 heterocycles. The monoisotopic (exact) mass is 344 g/mol. The van der Waals surface area contributed by atoms with Gasteiger partial charge in [0, 0.05) is 31.3 Å². The lowest BCUT2D eigenvalue weighted by atomic mass is 10.2. The van der Waals surface area contributed by atoms with Gasteiger partial charge in [-0.1, -0.05) is 60.7 Å². The first-order valence-corrected chi connectivity index (χ1v) is 8.64. The fraction of sp³-hybridized carbons (Fsp3) is 0.143. The molecule has 5 nitrogen and oxygen atoms in total. The number of carbonyl (C=O) groups excluding carboxylic acids is 1. The third-order valence-electron chi connectivity index (χ3n) is 4.43. The summed E-state index contributed by atoms with van der Waals surface area (Å²) in [4.78, 5) is 14.5. The van der Waals surface area contributed by atoms with Crippen LogP contribution in [0.1, 0.15) is 22.4 Å². The normalized spacial score (nSPS) is 13.8. The molecule has 0 unspecified atom stereocenters. The van der Waals surface area contributed by atoms with Gasteiger partial charge in [-0.05, 0) is 17.2 Å². The molecule has 1 aromatic heterocycles. The van der Waals surface area contributed by atoms with E-state index in [1.807, 2.05) is 36.4 Å². The summed E-state index contributed by atoms with van der Waals surface area (Å²) in [6.45, 7) is 2.44. The zero-order valence-electron chi connectivity index (χ0n) is 14.4. The summed E-state index contributed by atoms with van der Waals surface area (Å²) in [7, 11) is 0.